The zero-order valence-electron chi connectivity index (χ0n) is 21.9. The van der Waals surface area contributed by atoms with Crippen LogP contribution in [0.4, 0.5) is 0 Å². The standard InChI is InChI=1S/C29H37N7O/c1-3-5-13-26-20-36(27-14-8-6-7-10-21(27)4-2)29(37)35(26)19-25-18-23(15-16-30-25)22-11-9-12-24(17-22)28-31-33-34-32-28/h9,11-12,15-18,20-21,27H,3-8,10,13-14,19H2,1-2H3,(H,31,32,33,34). The van der Waals surface area contributed by atoms with Crippen molar-refractivity contribution in [2.45, 2.75) is 84.2 Å². The summed E-state index contributed by atoms with van der Waals surface area (Å²) in [7, 11) is 0. The summed E-state index contributed by atoms with van der Waals surface area (Å²) in [4.78, 5) is 18.5. The Bertz CT molecular complexity index is 1350. The van der Waals surface area contributed by atoms with Crippen molar-refractivity contribution in [2.75, 3.05) is 0 Å². The summed E-state index contributed by atoms with van der Waals surface area (Å²) in [5, 5.41) is 14.4. The Kier molecular flexibility index (Phi) is 7.92. The molecule has 0 saturated heterocycles. The van der Waals surface area contributed by atoms with Gasteiger partial charge in [0.15, 0.2) is 0 Å². The van der Waals surface area contributed by atoms with Crippen molar-refractivity contribution >= 4 is 0 Å². The highest BCUT2D eigenvalue weighted by atomic mass is 16.1. The summed E-state index contributed by atoms with van der Waals surface area (Å²) >= 11 is 0. The largest absolute Gasteiger partial charge is 0.328 e. The number of benzene rings is 1. The number of aromatic amines is 1. The SMILES string of the molecule is CCCCc1cn(C2CCCCCC2CC)c(=O)n1Cc1cc(-c2cccc(-c3nn[nH]n3)c2)ccn1. The van der Waals surface area contributed by atoms with Gasteiger partial charge in [0.05, 0.1) is 12.2 Å². The third kappa shape index (κ3) is 5.58. The van der Waals surface area contributed by atoms with Crippen LogP contribution in [0.2, 0.25) is 0 Å². The number of rotatable bonds is 9. The molecule has 0 spiro atoms. The lowest BCUT2D eigenvalue weighted by molar-refractivity contribution is 0.294. The zero-order chi connectivity index (χ0) is 25.6. The van der Waals surface area contributed by atoms with Gasteiger partial charge in [-0.15, -0.1) is 10.2 Å². The minimum atomic E-state index is 0.114. The van der Waals surface area contributed by atoms with Crippen molar-refractivity contribution < 1.29 is 0 Å². The van der Waals surface area contributed by atoms with Gasteiger partial charge in [-0.05, 0) is 66.1 Å². The summed E-state index contributed by atoms with van der Waals surface area (Å²) < 4.78 is 4.04. The molecule has 1 aliphatic carbocycles. The van der Waals surface area contributed by atoms with Crippen molar-refractivity contribution in [1.82, 2.24) is 34.7 Å². The fourth-order valence-electron chi connectivity index (χ4n) is 5.75. The van der Waals surface area contributed by atoms with Gasteiger partial charge in [0.25, 0.3) is 0 Å². The van der Waals surface area contributed by atoms with Crippen LogP contribution >= 0.6 is 0 Å². The van der Waals surface area contributed by atoms with Crippen LogP contribution in [0.15, 0.2) is 53.6 Å². The second kappa shape index (κ2) is 11.7. The summed E-state index contributed by atoms with van der Waals surface area (Å²) in [5.41, 5.74) is 5.11. The Balaban J connectivity index is 1.46. The molecule has 2 atom stereocenters. The number of nitrogens with zero attached hydrogens (tertiary/aromatic N) is 6. The molecule has 1 aromatic carbocycles. The second-order valence-corrected chi connectivity index (χ2v) is 10.2. The van der Waals surface area contributed by atoms with Gasteiger partial charge in [0.1, 0.15) is 0 Å². The summed E-state index contributed by atoms with van der Waals surface area (Å²) in [5.74, 6) is 1.14. The highest BCUT2D eigenvalue weighted by Crippen LogP contribution is 2.34. The van der Waals surface area contributed by atoms with Gasteiger partial charge in [0.2, 0.25) is 5.82 Å². The first-order chi connectivity index (χ1) is 18.2. The fourth-order valence-corrected chi connectivity index (χ4v) is 5.75. The van der Waals surface area contributed by atoms with Crippen molar-refractivity contribution in [2.24, 2.45) is 5.92 Å². The third-order valence-corrected chi connectivity index (χ3v) is 7.81. The summed E-state index contributed by atoms with van der Waals surface area (Å²) in [6.45, 7) is 4.95. The van der Waals surface area contributed by atoms with Crippen molar-refractivity contribution in [3.8, 4) is 22.5 Å². The maximum absolute atomic E-state index is 13.8. The van der Waals surface area contributed by atoms with E-state index in [9.17, 15) is 4.79 Å². The van der Waals surface area contributed by atoms with Gasteiger partial charge in [-0.3, -0.25) is 14.1 Å². The molecule has 0 aliphatic heterocycles. The lowest BCUT2D eigenvalue weighted by atomic mass is 9.92. The minimum absolute atomic E-state index is 0.114. The molecule has 194 valence electrons. The minimum Gasteiger partial charge on any atom is -0.296 e. The number of imidazole rings is 1. The van der Waals surface area contributed by atoms with Crippen molar-refractivity contribution in [3.05, 3.63) is 70.7 Å². The lowest BCUT2D eigenvalue weighted by Crippen LogP contribution is -2.31. The number of tetrazole rings is 1. The van der Waals surface area contributed by atoms with E-state index in [-0.39, 0.29) is 5.69 Å². The number of nitrogens with one attached hydrogen (secondary N) is 1. The zero-order valence-corrected chi connectivity index (χ0v) is 21.9. The van der Waals surface area contributed by atoms with Crippen LogP contribution in [0.25, 0.3) is 22.5 Å². The van der Waals surface area contributed by atoms with Crippen LogP contribution in [-0.4, -0.2) is 34.7 Å². The molecule has 1 N–H and O–H groups in total. The molecule has 8 heteroatoms. The van der Waals surface area contributed by atoms with E-state index in [2.05, 4.69) is 68.4 Å². The van der Waals surface area contributed by atoms with Crippen LogP contribution in [0.1, 0.15) is 82.6 Å². The molecule has 0 bridgehead atoms. The number of hydrogen-bond donors (Lipinski definition) is 1. The maximum atomic E-state index is 13.8. The Morgan fingerprint density at radius 1 is 1.03 bits per heavy atom. The van der Waals surface area contributed by atoms with Crippen LogP contribution < -0.4 is 5.69 Å². The molecule has 4 aromatic rings. The number of aromatic nitrogens is 7. The second-order valence-electron chi connectivity index (χ2n) is 10.2. The Morgan fingerprint density at radius 3 is 2.68 bits per heavy atom. The number of unbranched alkanes of at least 4 members (excludes halogenated alkanes) is 1. The van der Waals surface area contributed by atoms with E-state index in [1.54, 1.807) is 0 Å². The third-order valence-electron chi connectivity index (χ3n) is 7.81. The Labute approximate surface area is 218 Å². The smallest absolute Gasteiger partial charge is 0.296 e. The topological polar surface area (TPSA) is 94.3 Å². The molecule has 8 nitrogen and oxygen atoms in total. The van der Waals surface area contributed by atoms with E-state index in [0.29, 0.717) is 24.3 Å². The van der Waals surface area contributed by atoms with E-state index >= 15 is 0 Å². The number of aryl methyl sites for hydroxylation is 1. The van der Waals surface area contributed by atoms with Crippen molar-refractivity contribution in [3.63, 3.8) is 0 Å². The molecule has 3 heterocycles. The molecule has 2 unspecified atom stereocenters. The average Bonchev–Trinajstić information content (AvgIpc) is 3.50. The monoisotopic (exact) mass is 499 g/mol. The number of pyridine rings is 1. The average molecular weight is 500 g/mol. The first kappa shape index (κ1) is 25.1. The number of hydrogen-bond acceptors (Lipinski definition) is 5. The van der Waals surface area contributed by atoms with Crippen LogP contribution in [0.5, 0.6) is 0 Å². The predicted molar refractivity (Wildman–Crippen MR) is 145 cm³/mol. The van der Waals surface area contributed by atoms with E-state index in [1.807, 2.05) is 29.0 Å². The van der Waals surface area contributed by atoms with Gasteiger partial charge in [-0.2, -0.15) is 5.21 Å². The van der Waals surface area contributed by atoms with E-state index in [4.69, 9.17) is 0 Å². The molecule has 5 rings (SSSR count). The summed E-state index contributed by atoms with van der Waals surface area (Å²) in [6.07, 6.45) is 14.3. The van der Waals surface area contributed by atoms with Crippen LogP contribution in [-0.2, 0) is 13.0 Å². The van der Waals surface area contributed by atoms with Gasteiger partial charge in [-0.1, -0.05) is 64.2 Å². The van der Waals surface area contributed by atoms with Gasteiger partial charge in [-0.25, -0.2) is 4.79 Å². The van der Waals surface area contributed by atoms with E-state index in [1.165, 1.54) is 25.7 Å². The predicted octanol–water partition coefficient (Wildman–Crippen LogP) is 5.81. The van der Waals surface area contributed by atoms with Crippen LogP contribution in [0, 0.1) is 5.92 Å². The van der Waals surface area contributed by atoms with Crippen molar-refractivity contribution in [1.29, 1.82) is 0 Å². The Morgan fingerprint density at radius 2 is 1.86 bits per heavy atom. The fraction of sp³-hybridized carbons (Fsp3) is 0.483. The van der Waals surface area contributed by atoms with Gasteiger partial charge in [0, 0.05) is 29.7 Å². The molecular weight excluding hydrogens is 462 g/mol. The Hall–Kier alpha value is -3.55. The lowest BCUT2D eigenvalue weighted by Gasteiger charge is -2.24. The van der Waals surface area contributed by atoms with E-state index < -0.39 is 0 Å². The molecule has 1 saturated carbocycles. The normalized spacial score (nSPS) is 18.1. The molecule has 37 heavy (non-hydrogen) atoms. The van der Waals surface area contributed by atoms with Crippen LogP contribution in [0.3, 0.4) is 0 Å². The molecule has 0 amide bonds. The summed E-state index contributed by atoms with van der Waals surface area (Å²) in [6, 6.07) is 12.5. The number of H-pyrrole nitrogens is 1. The molecule has 1 fully saturated rings. The quantitative estimate of drug-likeness (QED) is 0.293. The highest BCUT2D eigenvalue weighted by molar-refractivity contribution is 5.70. The van der Waals surface area contributed by atoms with Gasteiger partial charge < -0.3 is 0 Å². The first-order valence-electron chi connectivity index (χ1n) is 13.8. The molecule has 0 radical (unpaired) electrons. The molecule has 1 aliphatic rings. The van der Waals surface area contributed by atoms with E-state index in [0.717, 1.165) is 60.2 Å². The first-order valence-corrected chi connectivity index (χ1v) is 13.8. The molecular formula is C29H37N7O. The highest BCUT2D eigenvalue weighted by Gasteiger charge is 2.27. The van der Waals surface area contributed by atoms with Gasteiger partial charge >= 0.3 is 5.69 Å². The molecule has 3 aromatic heterocycles. The maximum Gasteiger partial charge on any atom is 0.328 e.